The lowest BCUT2D eigenvalue weighted by Gasteiger charge is -2.23. The Balaban J connectivity index is 2.20. The van der Waals surface area contributed by atoms with Crippen LogP contribution in [-0.4, -0.2) is 23.6 Å². The Hall–Kier alpha value is -0.200. The summed E-state index contributed by atoms with van der Waals surface area (Å²) in [4.78, 5) is 0. The summed E-state index contributed by atoms with van der Waals surface area (Å²) in [5.74, 6) is 2.46. The summed E-state index contributed by atoms with van der Waals surface area (Å²) in [5, 5.41) is 11.8. The lowest BCUT2D eigenvalue weighted by atomic mass is 10.1. The zero-order chi connectivity index (χ0) is 8.10. The van der Waals surface area contributed by atoms with Gasteiger partial charge in [-0.2, -0.15) is 17.0 Å². The Kier molecular flexibility index (Phi) is 3.74. The van der Waals surface area contributed by atoms with E-state index in [1.165, 1.54) is 24.3 Å². The summed E-state index contributed by atoms with van der Waals surface area (Å²) < 4.78 is 0. The van der Waals surface area contributed by atoms with Crippen molar-refractivity contribution in [3.05, 3.63) is 0 Å². The molecule has 0 aromatic carbocycles. The molecule has 0 aromatic rings. The van der Waals surface area contributed by atoms with Gasteiger partial charge in [0.2, 0.25) is 0 Å². The van der Waals surface area contributed by atoms with Crippen LogP contribution >= 0.6 is 11.8 Å². The van der Waals surface area contributed by atoms with Gasteiger partial charge in [0.25, 0.3) is 0 Å². The largest absolute Gasteiger partial charge is 0.299 e. The van der Waals surface area contributed by atoms with Crippen molar-refractivity contribution in [3.8, 4) is 6.07 Å². The monoisotopic (exact) mass is 170 g/mol. The van der Waals surface area contributed by atoms with E-state index >= 15 is 0 Å². The summed E-state index contributed by atoms with van der Waals surface area (Å²) in [6.45, 7) is 1.92. The van der Waals surface area contributed by atoms with Crippen LogP contribution in [0.4, 0.5) is 0 Å². The van der Waals surface area contributed by atoms with Crippen LogP contribution in [0, 0.1) is 11.3 Å². The van der Waals surface area contributed by atoms with Crippen molar-refractivity contribution >= 4 is 11.8 Å². The smallest absolute Gasteiger partial charge is 0.0926 e. The summed E-state index contributed by atoms with van der Waals surface area (Å²) in [7, 11) is 0. The van der Waals surface area contributed by atoms with Gasteiger partial charge in [-0.3, -0.25) is 5.32 Å². The van der Waals surface area contributed by atoms with Gasteiger partial charge in [0.1, 0.15) is 0 Å². The Morgan fingerprint density at radius 2 is 2.55 bits per heavy atom. The molecule has 0 aliphatic carbocycles. The van der Waals surface area contributed by atoms with Gasteiger partial charge in [0.05, 0.1) is 12.1 Å². The predicted octanol–water partition coefficient (Wildman–Crippen LogP) is 1.38. The first-order valence-corrected chi connectivity index (χ1v) is 5.22. The Morgan fingerprint density at radius 1 is 1.73 bits per heavy atom. The van der Waals surface area contributed by atoms with Crippen molar-refractivity contribution in [2.75, 3.05) is 11.5 Å². The summed E-state index contributed by atoms with van der Waals surface area (Å²) in [6, 6.07) is 2.78. The third-order valence-corrected chi connectivity index (χ3v) is 3.06. The molecule has 0 spiro atoms. The van der Waals surface area contributed by atoms with Crippen molar-refractivity contribution in [1.29, 1.82) is 5.26 Å². The fourth-order valence-corrected chi connectivity index (χ4v) is 2.35. The van der Waals surface area contributed by atoms with Gasteiger partial charge in [-0.1, -0.05) is 0 Å². The molecule has 2 atom stereocenters. The second kappa shape index (κ2) is 4.63. The minimum absolute atomic E-state index is 0.0127. The van der Waals surface area contributed by atoms with Crippen molar-refractivity contribution < 1.29 is 0 Å². The van der Waals surface area contributed by atoms with Crippen LogP contribution in [0.1, 0.15) is 19.8 Å². The van der Waals surface area contributed by atoms with E-state index < -0.39 is 0 Å². The maximum atomic E-state index is 8.55. The molecule has 0 bridgehead atoms. The van der Waals surface area contributed by atoms with Crippen molar-refractivity contribution in [3.63, 3.8) is 0 Å². The summed E-state index contributed by atoms with van der Waals surface area (Å²) in [5.41, 5.74) is 0. The number of rotatable bonds is 2. The highest BCUT2D eigenvalue weighted by atomic mass is 32.2. The van der Waals surface area contributed by atoms with Crippen molar-refractivity contribution in [1.82, 2.24) is 5.32 Å². The summed E-state index contributed by atoms with van der Waals surface area (Å²) in [6.07, 6.45) is 2.53. The summed E-state index contributed by atoms with van der Waals surface area (Å²) >= 11 is 1.98. The molecule has 0 radical (unpaired) electrons. The number of nitrogens with one attached hydrogen (secondary N) is 1. The van der Waals surface area contributed by atoms with Gasteiger partial charge < -0.3 is 0 Å². The number of nitriles is 1. The van der Waals surface area contributed by atoms with Crippen LogP contribution in [0.5, 0.6) is 0 Å². The van der Waals surface area contributed by atoms with Crippen molar-refractivity contribution in [2.45, 2.75) is 31.8 Å². The molecule has 11 heavy (non-hydrogen) atoms. The molecule has 0 amide bonds. The van der Waals surface area contributed by atoms with E-state index in [1.807, 2.05) is 18.7 Å². The fraction of sp³-hybridized carbons (Fsp3) is 0.875. The van der Waals surface area contributed by atoms with Gasteiger partial charge in [0, 0.05) is 11.8 Å². The fourth-order valence-electron chi connectivity index (χ4n) is 1.26. The molecule has 2 unspecified atom stereocenters. The quantitative estimate of drug-likeness (QED) is 0.680. The SMILES string of the molecule is CC(C#N)NC1CCCSC1. The topological polar surface area (TPSA) is 35.8 Å². The number of nitrogens with zero attached hydrogens (tertiary/aromatic N) is 1. The molecular formula is C8H14N2S. The van der Waals surface area contributed by atoms with Gasteiger partial charge in [-0.15, -0.1) is 0 Å². The molecule has 1 saturated heterocycles. The number of thioether (sulfide) groups is 1. The number of hydrogen-bond donors (Lipinski definition) is 1. The molecule has 2 nitrogen and oxygen atoms in total. The van der Waals surface area contributed by atoms with Crippen LogP contribution in [0.2, 0.25) is 0 Å². The Morgan fingerprint density at radius 3 is 3.09 bits per heavy atom. The van der Waals surface area contributed by atoms with Crippen LogP contribution in [0.15, 0.2) is 0 Å². The van der Waals surface area contributed by atoms with Crippen LogP contribution < -0.4 is 5.32 Å². The normalized spacial score (nSPS) is 27.5. The maximum Gasteiger partial charge on any atom is 0.0926 e. The van der Waals surface area contributed by atoms with Crippen molar-refractivity contribution in [2.24, 2.45) is 0 Å². The first-order valence-electron chi connectivity index (χ1n) is 4.06. The molecule has 1 aliphatic rings. The van der Waals surface area contributed by atoms with E-state index in [9.17, 15) is 0 Å². The lowest BCUT2D eigenvalue weighted by Crippen LogP contribution is -2.39. The Bertz CT molecular complexity index is 147. The third-order valence-electron chi connectivity index (χ3n) is 1.84. The van der Waals surface area contributed by atoms with E-state index in [0.717, 1.165) is 0 Å². The van der Waals surface area contributed by atoms with E-state index in [2.05, 4.69) is 11.4 Å². The molecule has 1 N–H and O–H groups in total. The Labute approximate surface area is 72.4 Å². The first kappa shape index (κ1) is 8.89. The predicted molar refractivity (Wildman–Crippen MR) is 48.6 cm³/mol. The van der Waals surface area contributed by atoms with Crippen LogP contribution in [-0.2, 0) is 0 Å². The van der Waals surface area contributed by atoms with E-state index in [0.29, 0.717) is 6.04 Å². The molecule has 1 rings (SSSR count). The van der Waals surface area contributed by atoms with Gasteiger partial charge in [-0.25, -0.2) is 0 Å². The standard InChI is InChI=1S/C8H14N2S/c1-7(5-9)10-8-3-2-4-11-6-8/h7-8,10H,2-4,6H2,1H3. The zero-order valence-electron chi connectivity index (χ0n) is 6.84. The number of hydrogen-bond acceptors (Lipinski definition) is 3. The second-order valence-electron chi connectivity index (χ2n) is 2.93. The third kappa shape index (κ3) is 3.13. The molecule has 62 valence electrons. The maximum absolute atomic E-state index is 8.55. The van der Waals surface area contributed by atoms with E-state index in [4.69, 9.17) is 5.26 Å². The van der Waals surface area contributed by atoms with Gasteiger partial charge in [-0.05, 0) is 25.5 Å². The molecular weight excluding hydrogens is 156 g/mol. The zero-order valence-corrected chi connectivity index (χ0v) is 7.66. The molecule has 1 heterocycles. The molecule has 1 aliphatic heterocycles. The van der Waals surface area contributed by atoms with Crippen LogP contribution in [0.25, 0.3) is 0 Å². The average Bonchev–Trinajstić information content (AvgIpc) is 2.06. The molecule has 0 aromatic heterocycles. The minimum Gasteiger partial charge on any atom is -0.299 e. The highest BCUT2D eigenvalue weighted by Crippen LogP contribution is 2.16. The second-order valence-corrected chi connectivity index (χ2v) is 4.08. The average molecular weight is 170 g/mol. The first-order chi connectivity index (χ1) is 5.33. The van der Waals surface area contributed by atoms with E-state index in [1.54, 1.807) is 0 Å². The highest BCUT2D eigenvalue weighted by molar-refractivity contribution is 7.99. The highest BCUT2D eigenvalue weighted by Gasteiger charge is 2.14. The van der Waals surface area contributed by atoms with Gasteiger partial charge in [0.15, 0.2) is 0 Å². The van der Waals surface area contributed by atoms with E-state index in [-0.39, 0.29) is 6.04 Å². The minimum atomic E-state index is 0.0127. The van der Waals surface area contributed by atoms with Gasteiger partial charge >= 0.3 is 0 Å². The molecule has 3 heteroatoms. The van der Waals surface area contributed by atoms with Crippen LogP contribution in [0.3, 0.4) is 0 Å². The molecule has 0 saturated carbocycles. The lowest BCUT2D eigenvalue weighted by molar-refractivity contribution is 0.487. The molecule has 1 fully saturated rings.